The van der Waals surface area contributed by atoms with Gasteiger partial charge in [0.1, 0.15) is 29.8 Å². The number of carbonyl (C=O) groups is 1. The summed E-state index contributed by atoms with van der Waals surface area (Å²) < 4.78 is 46.6. The molecule has 0 saturated carbocycles. The summed E-state index contributed by atoms with van der Waals surface area (Å²) in [5.41, 5.74) is -0.734. The molecule has 3 aromatic rings. The van der Waals surface area contributed by atoms with Crippen LogP contribution in [-0.2, 0) is 24.1 Å². The molecule has 2 aromatic heterocycles. The van der Waals surface area contributed by atoms with Crippen LogP contribution >= 0.6 is 0 Å². The number of ether oxygens (including phenoxy) is 1. The number of anilines is 2. The minimum atomic E-state index is -4.81. The third-order valence-corrected chi connectivity index (χ3v) is 7.29. The van der Waals surface area contributed by atoms with Crippen LogP contribution in [-0.4, -0.2) is 71.9 Å². The summed E-state index contributed by atoms with van der Waals surface area (Å²) in [7, 11) is 0. The zero-order chi connectivity index (χ0) is 29.7. The van der Waals surface area contributed by atoms with Crippen molar-refractivity contribution in [2.24, 2.45) is 0 Å². The van der Waals surface area contributed by atoms with Crippen LogP contribution in [0.25, 0.3) is 0 Å². The lowest BCUT2D eigenvalue weighted by Crippen LogP contribution is -2.49. The molecule has 2 aliphatic rings. The van der Waals surface area contributed by atoms with Gasteiger partial charge in [-0.2, -0.15) is 23.5 Å². The Labute approximate surface area is 239 Å². The molecular formula is C28H29F3N8O3. The van der Waals surface area contributed by atoms with E-state index < -0.39 is 17.3 Å². The predicted octanol–water partition coefficient (Wildman–Crippen LogP) is 2.28. The Balaban J connectivity index is 1.05. The second kappa shape index (κ2) is 12.5. The molecule has 0 bridgehead atoms. The number of halogens is 3. The van der Waals surface area contributed by atoms with Crippen LogP contribution in [0.1, 0.15) is 28.7 Å². The number of hydrogen-bond acceptors (Lipinski definition) is 9. The van der Waals surface area contributed by atoms with Gasteiger partial charge < -0.3 is 24.8 Å². The first kappa shape index (κ1) is 28.9. The molecule has 220 valence electrons. The largest absolute Gasteiger partial charge is 0.492 e. The van der Waals surface area contributed by atoms with E-state index in [1.165, 1.54) is 4.90 Å². The van der Waals surface area contributed by atoms with Crippen molar-refractivity contribution in [1.29, 1.82) is 5.26 Å². The van der Waals surface area contributed by atoms with Crippen LogP contribution in [0.3, 0.4) is 0 Å². The van der Waals surface area contributed by atoms with Gasteiger partial charge in [0.15, 0.2) is 0 Å². The number of aromatic amines is 1. The first-order valence-electron chi connectivity index (χ1n) is 13.5. The number of H-pyrrole nitrogens is 1. The number of carbonyl (C=O) groups excluding carboxylic acids is 1. The Morgan fingerprint density at radius 1 is 1.07 bits per heavy atom. The highest BCUT2D eigenvalue weighted by Gasteiger charge is 2.39. The Kier molecular flexibility index (Phi) is 8.58. The highest BCUT2D eigenvalue weighted by molar-refractivity contribution is 5.76. The zero-order valence-corrected chi connectivity index (χ0v) is 22.7. The van der Waals surface area contributed by atoms with Gasteiger partial charge in [0.05, 0.1) is 17.4 Å². The van der Waals surface area contributed by atoms with Gasteiger partial charge in [0.2, 0.25) is 5.91 Å². The van der Waals surface area contributed by atoms with Gasteiger partial charge in [-0.25, -0.2) is 10.1 Å². The van der Waals surface area contributed by atoms with Gasteiger partial charge in [0.25, 0.3) is 5.56 Å². The van der Waals surface area contributed by atoms with Crippen molar-refractivity contribution in [1.82, 2.24) is 25.4 Å². The van der Waals surface area contributed by atoms with Crippen molar-refractivity contribution in [2.75, 3.05) is 55.7 Å². The van der Waals surface area contributed by atoms with Gasteiger partial charge in [0, 0.05) is 70.5 Å². The van der Waals surface area contributed by atoms with Crippen molar-refractivity contribution in [2.45, 2.75) is 25.7 Å². The van der Waals surface area contributed by atoms with Crippen LogP contribution in [0.5, 0.6) is 5.75 Å². The van der Waals surface area contributed by atoms with E-state index in [4.69, 9.17) is 10.00 Å². The normalized spacial score (nSPS) is 15.0. The maximum atomic E-state index is 13.6. The molecular weight excluding hydrogens is 553 g/mol. The van der Waals surface area contributed by atoms with Crippen LogP contribution in [0.2, 0.25) is 0 Å². The van der Waals surface area contributed by atoms with Crippen molar-refractivity contribution in [3.63, 3.8) is 0 Å². The topological polar surface area (TPSA) is 130 Å². The van der Waals surface area contributed by atoms with Crippen LogP contribution in [0, 0.1) is 11.3 Å². The second-order valence-electron chi connectivity index (χ2n) is 9.94. The Morgan fingerprint density at radius 2 is 1.88 bits per heavy atom. The first-order chi connectivity index (χ1) is 20.2. The van der Waals surface area contributed by atoms with Crippen molar-refractivity contribution < 1.29 is 22.7 Å². The number of fused-ring (bicyclic) bond motifs is 1. The third-order valence-electron chi connectivity index (χ3n) is 7.29. The summed E-state index contributed by atoms with van der Waals surface area (Å²) in [6.45, 7) is 4.14. The van der Waals surface area contributed by atoms with E-state index in [9.17, 15) is 22.8 Å². The summed E-state index contributed by atoms with van der Waals surface area (Å²) in [6, 6.07) is 11.0. The standard InChI is InChI=1S/C28H29F3N8O3/c29-28(30,31)26-22(16-35-36-27(26)41)39-17-20-2-1-3-23(21(20)18-39)42-13-8-33-7-6-25(40)38-11-9-37(10-12-38)24-5-4-19(14-32)15-34-24/h1-5,15-16,33H,6-13,17-18H2,(H,36,41). The number of nitriles is 1. The average Bonchev–Trinajstić information content (AvgIpc) is 3.43. The fourth-order valence-corrected chi connectivity index (χ4v) is 5.13. The van der Waals surface area contributed by atoms with Gasteiger partial charge in [-0.1, -0.05) is 12.1 Å². The summed E-state index contributed by atoms with van der Waals surface area (Å²) >= 11 is 0. The Bertz CT molecular complexity index is 1510. The van der Waals surface area contributed by atoms with Crippen molar-refractivity contribution >= 4 is 17.4 Å². The lowest BCUT2D eigenvalue weighted by molar-refractivity contribution is -0.138. The lowest BCUT2D eigenvalue weighted by Gasteiger charge is -2.35. The molecule has 42 heavy (non-hydrogen) atoms. The van der Waals surface area contributed by atoms with E-state index in [1.54, 1.807) is 24.4 Å². The van der Waals surface area contributed by atoms with Crippen molar-refractivity contribution in [3.05, 3.63) is 75.3 Å². The molecule has 11 nitrogen and oxygen atoms in total. The van der Waals surface area contributed by atoms with Crippen molar-refractivity contribution in [3.8, 4) is 11.8 Å². The third kappa shape index (κ3) is 6.46. The highest BCUT2D eigenvalue weighted by atomic mass is 19.4. The number of amides is 1. The average molecular weight is 583 g/mol. The Morgan fingerprint density at radius 3 is 2.60 bits per heavy atom. The molecule has 4 heterocycles. The molecule has 0 unspecified atom stereocenters. The molecule has 2 N–H and O–H groups in total. The SMILES string of the molecule is N#Cc1ccc(N2CCN(C(=O)CCNCCOc3cccc4c3CN(c3cn[nH]c(=O)c3C(F)(F)F)C4)CC2)nc1. The zero-order valence-electron chi connectivity index (χ0n) is 22.7. The van der Waals surface area contributed by atoms with E-state index in [1.807, 2.05) is 22.1 Å². The molecule has 1 aromatic carbocycles. The van der Waals surface area contributed by atoms with Gasteiger partial charge in [-0.3, -0.25) is 9.59 Å². The van der Waals surface area contributed by atoms with Crippen LogP contribution in [0.4, 0.5) is 24.7 Å². The second-order valence-corrected chi connectivity index (χ2v) is 9.94. The van der Waals surface area contributed by atoms with Gasteiger partial charge >= 0.3 is 6.18 Å². The fraction of sp³-hybridized carbons (Fsp3) is 0.393. The van der Waals surface area contributed by atoms with Gasteiger partial charge in [-0.05, 0) is 23.8 Å². The molecule has 5 rings (SSSR count). The summed E-state index contributed by atoms with van der Waals surface area (Å²) in [4.78, 5) is 34.2. The highest BCUT2D eigenvalue weighted by Crippen LogP contribution is 2.39. The molecule has 1 amide bonds. The number of piperazine rings is 1. The summed E-state index contributed by atoms with van der Waals surface area (Å²) in [5, 5.41) is 17.6. The molecule has 1 saturated heterocycles. The fourth-order valence-electron chi connectivity index (χ4n) is 5.13. The van der Waals surface area contributed by atoms with E-state index in [0.29, 0.717) is 63.6 Å². The molecule has 0 radical (unpaired) electrons. The monoisotopic (exact) mass is 582 g/mol. The molecule has 0 aliphatic carbocycles. The summed E-state index contributed by atoms with van der Waals surface area (Å²) in [5.74, 6) is 1.41. The number of rotatable bonds is 9. The van der Waals surface area contributed by atoms with E-state index in [0.717, 1.165) is 23.1 Å². The molecule has 14 heteroatoms. The molecule has 0 atom stereocenters. The molecule has 1 fully saturated rings. The molecule has 2 aliphatic heterocycles. The maximum absolute atomic E-state index is 13.6. The number of nitrogens with zero attached hydrogens (tertiary/aromatic N) is 6. The number of alkyl halides is 3. The lowest BCUT2D eigenvalue weighted by atomic mass is 10.1. The predicted molar refractivity (Wildman–Crippen MR) is 147 cm³/mol. The van der Waals surface area contributed by atoms with E-state index in [2.05, 4.69) is 26.4 Å². The number of nitrogens with one attached hydrogen (secondary N) is 2. The van der Waals surface area contributed by atoms with Crippen LogP contribution < -0.4 is 25.4 Å². The van der Waals surface area contributed by atoms with E-state index in [-0.39, 0.29) is 24.7 Å². The molecule has 0 spiro atoms. The Hall–Kier alpha value is -4.64. The minimum absolute atomic E-state index is 0.0595. The van der Waals surface area contributed by atoms with E-state index >= 15 is 0 Å². The quantitative estimate of drug-likeness (QED) is 0.365. The summed E-state index contributed by atoms with van der Waals surface area (Å²) in [6.07, 6.45) is -1.91. The minimum Gasteiger partial charge on any atom is -0.492 e. The number of pyridine rings is 1. The van der Waals surface area contributed by atoms with Gasteiger partial charge in [-0.15, -0.1) is 0 Å². The number of aromatic nitrogens is 3. The maximum Gasteiger partial charge on any atom is 0.423 e. The van der Waals surface area contributed by atoms with Crippen LogP contribution in [0.15, 0.2) is 47.5 Å². The first-order valence-corrected chi connectivity index (χ1v) is 13.5. The smallest absolute Gasteiger partial charge is 0.423 e. The number of benzene rings is 1. The number of hydrogen-bond donors (Lipinski definition) is 2.